The molecular formula is C21H20ClF3N4O. The molecule has 0 N–H and O–H groups in total. The molecule has 5 nitrogen and oxygen atoms in total. The van der Waals surface area contributed by atoms with Crippen molar-refractivity contribution >= 4 is 11.6 Å². The van der Waals surface area contributed by atoms with E-state index in [-0.39, 0.29) is 17.3 Å². The molecule has 0 bridgehead atoms. The molecule has 3 aromatic rings. The maximum absolute atomic E-state index is 13.1. The minimum atomic E-state index is -4.46. The van der Waals surface area contributed by atoms with Crippen molar-refractivity contribution in [3.8, 4) is 23.0 Å². The largest absolute Gasteiger partial charge is 0.437 e. The van der Waals surface area contributed by atoms with Gasteiger partial charge < -0.3 is 4.74 Å². The summed E-state index contributed by atoms with van der Waals surface area (Å²) in [5.74, 6) is 0.718. The SMILES string of the molecule is CCN(CC)Cc1nnc(-c2cccc(C(F)(F)F)c2)nc1Oc1ccc(Cl)cc1. The number of rotatable bonds is 7. The summed E-state index contributed by atoms with van der Waals surface area (Å²) >= 11 is 5.92. The average Bonchev–Trinajstić information content (AvgIpc) is 2.74. The maximum atomic E-state index is 13.1. The van der Waals surface area contributed by atoms with E-state index in [2.05, 4.69) is 20.1 Å². The van der Waals surface area contributed by atoms with Crippen LogP contribution in [0.5, 0.6) is 11.6 Å². The summed E-state index contributed by atoms with van der Waals surface area (Å²) in [6, 6.07) is 11.5. The first kappa shape index (κ1) is 22.0. The Morgan fingerprint density at radius 3 is 2.33 bits per heavy atom. The predicted molar refractivity (Wildman–Crippen MR) is 108 cm³/mol. The van der Waals surface area contributed by atoms with Crippen LogP contribution in [-0.4, -0.2) is 33.2 Å². The molecule has 0 saturated carbocycles. The molecule has 0 fully saturated rings. The zero-order chi connectivity index (χ0) is 21.7. The van der Waals surface area contributed by atoms with E-state index in [0.717, 1.165) is 25.2 Å². The van der Waals surface area contributed by atoms with E-state index >= 15 is 0 Å². The molecule has 0 aliphatic rings. The van der Waals surface area contributed by atoms with Gasteiger partial charge in [-0.05, 0) is 49.5 Å². The summed E-state index contributed by atoms with van der Waals surface area (Å²) in [5.41, 5.74) is -0.0898. The lowest BCUT2D eigenvalue weighted by Gasteiger charge is -2.18. The number of hydrogen-bond donors (Lipinski definition) is 0. The van der Waals surface area contributed by atoms with Crippen LogP contribution in [0.1, 0.15) is 25.1 Å². The van der Waals surface area contributed by atoms with Crippen LogP contribution in [0, 0.1) is 0 Å². The van der Waals surface area contributed by atoms with Crippen molar-refractivity contribution in [3.05, 3.63) is 64.8 Å². The van der Waals surface area contributed by atoms with E-state index in [1.807, 2.05) is 13.8 Å². The normalized spacial score (nSPS) is 11.7. The molecule has 0 spiro atoms. The first-order valence-corrected chi connectivity index (χ1v) is 9.75. The lowest BCUT2D eigenvalue weighted by molar-refractivity contribution is -0.137. The van der Waals surface area contributed by atoms with Gasteiger partial charge in [-0.2, -0.15) is 18.2 Å². The molecule has 1 heterocycles. The van der Waals surface area contributed by atoms with Crippen LogP contribution in [0.25, 0.3) is 11.4 Å². The van der Waals surface area contributed by atoms with Crippen molar-refractivity contribution in [3.63, 3.8) is 0 Å². The highest BCUT2D eigenvalue weighted by molar-refractivity contribution is 6.30. The van der Waals surface area contributed by atoms with E-state index in [0.29, 0.717) is 23.0 Å². The van der Waals surface area contributed by atoms with Gasteiger partial charge in [-0.3, -0.25) is 4.90 Å². The molecule has 0 radical (unpaired) electrons. The minimum Gasteiger partial charge on any atom is -0.437 e. The first-order valence-electron chi connectivity index (χ1n) is 9.37. The van der Waals surface area contributed by atoms with Crippen molar-refractivity contribution in [2.45, 2.75) is 26.6 Å². The lowest BCUT2D eigenvalue weighted by atomic mass is 10.1. The molecule has 0 atom stereocenters. The Morgan fingerprint density at radius 2 is 1.70 bits per heavy atom. The smallest absolute Gasteiger partial charge is 0.416 e. The average molecular weight is 437 g/mol. The number of halogens is 4. The van der Waals surface area contributed by atoms with Crippen molar-refractivity contribution in [2.75, 3.05) is 13.1 Å². The molecule has 30 heavy (non-hydrogen) atoms. The van der Waals surface area contributed by atoms with E-state index in [9.17, 15) is 13.2 Å². The first-order chi connectivity index (χ1) is 14.3. The Morgan fingerprint density at radius 1 is 1.00 bits per heavy atom. The standard InChI is InChI=1S/C21H20ClF3N4O/c1-3-29(4-2)13-18-20(30-17-10-8-16(22)9-11-17)26-19(28-27-18)14-6-5-7-15(12-14)21(23,24)25/h5-12H,3-4,13H2,1-2H3. The van der Waals surface area contributed by atoms with Gasteiger partial charge in [-0.25, -0.2) is 0 Å². The number of hydrogen-bond acceptors (Lipinski definition) is 5. The summed E-state index contributed by atoms with van der Waals surface area (Å²) in [6.07, 6.45) is -4.46. The summed E-state index contributed by atoms with van der Waals surface area (Å²) in [6.45, 7) is 6.04. The van der Waals surface area contributed by atoms with Gasteiger partial charge in [0.05, 0.1) is 5.56 Å². The highest BCUT2D eigenvalue weighted by Gasteiger charge is 2.30. The van der Waals surface area contributed by atoms with E-state index in [1.165, 1.54) is 12.1 Å². The number of benzene rings is 2. The number of ether oxygens (including phenoxy) is 1. The quantitative estimate of drug-likeness (QED) is 0.465. The Kier molecular flexibility index (Phi) is 6.89. The van der Waals surface area contributed by atoms with Gasteiger partial charge in [0.1, 0.15) is 11.4 Å². The molecule has 9 heteroatoms. The Bertz CT molecular complexity index is 992. The van der Waals surface area contributed by atoms with Gasteiger partial charge in [0, 0.05) is 17.1 Å². The molecular weight excluding hydrogens is 417 g/mol. The van der Waals surface area contributed by atoms with Gasteiger partial charge >= 0.3 is 6.18 Å². The molecule has 158 valence electrons. The van der Waals surface area contributed by atoms with Crippen molar-refractivity contribution < 1.29 is 17.9 Å². The third kappa shape index (κ3) is 5.46. The molecule has 3 rings (SSSR count). The fourth-order valence-electron chi connectivity index (χ4n) is 2.74. The van der Waals surface area contributed by atoms with Crippen LogP contribution < -0.4 is 4.74 Å². The maximum Gasteiger partial charge on any atom is 0.416 e. The number of aromatic nitrogens is 3. The van der Waals surface area contributed by atoms with Crippen LogP contribution >= 0.6 is 11.6 Å². The van der Waals surface area contributed by atoms with E-state index in [1.54, 1.807) is 24.3 Å². The second kappa shape index (κ2) is 9.40. The zero-order valence-electron chi connectivity index (χ0n) is 16.4. The summed E-state index contributed by atoms with van der Waals surface area (Å²) in [4.78, 5) is 6.48. The van der Waals surface area contributed by atoms with E-state index in [4.69, 9.17) is 16.3 Å². The molecule has 0 unspecified atom stereocenters. The number of alkyl halides is 3. The molecule has 2 aromatic carbocycles. The number of nitrogens with zero attached hydrogens (tertiary/aromatic N) is 4. The summed E-state index contributed by atoms with van der Waals surface area (Å²) in [5, 5.41) is 8.82. The van der Waals surface area contributed by atoms with E-state index < -0.39 is 11.7 Å². The van der Waals surface area contributed by atoms with Gasteiger partial charge in [-0.15, -0.1) is 10.2 Å². The van der Waals surface area contributed by atoms with Gasteiger partial charge in [0.25, 0.3) is 0 Å². The zero-order valence-corrected chi connectivity index (χ0v) is 17.2. The van der Waals surface area contributed by atoms with Crippen molar-refractivity contribution in [1.29, 1.82) is 0 Å². The Hall–Kier alpha value is -2.71. The summed E-state index contributed by atoms with van der Waals surface area (Å²) < 4.78 is 45.1. The third-order valence-electron chi connectivity index (χ3n) is 4.46. The highest BCUT2D eigenvalue weighted by atomic mass is 35.5. The highest BCUT2D eigenvalue weighted by Crippen LogP contribution is 2.32. The topological polar surface area (TPSA) is 51.1 Å². The minimum absolute atomic E-state index is 0.0494. The third-order valence-corrected chi connectivity index (χ3v) is 4.72. The van der Waals surface area contributed by atoms with Crippen LogP contribution in [0.4, 0.5) is 13.2 Å². The van der Waals surface area contributed by atoms with Crippen LogP contribution in [-0.2, 0) is 12.7 Å². The molecule has 0 saturated heterocycles. The van der Waals surface area contributed by atoms with Gasteiger partial charge in [0.15, 0.2) is 5.82 Å². The molecule has 0 amide bonds. The monoisotopic (exact) mass is 436 g/mol. The molecule has 1 aromatic heterocycles. The van der Waals surface area contributed by atoms with Crippen LogP contribution in [0.2, 0.25) is 5.02 Å². The second-order valence-electron chi connectivity index (χ2n) is 6.48. The van der Waals surface area contributed by atoms with Crippen molar-refractivity contribution in [1.82, 2.24) is 20.1 Å². The Balaban J connectivity index is 2.01. The lowest BCUT2D eigenvalue weighted by Crippen LogP contribution is -2.23. The fourth-order valence-corrected chi connectivity index (χ4v) is 2.87. The Labute approximate surface area is 177 Å². The predicted octanol–water partition coefficient (Wildman–Crippen LogP) is 5.84. The molecule has 0 aliphatic carbocycles. The van der Waals surface area contributed by atoms with Crippen LogP contribution in [0.3, 0.4) is 0 Å². The summed E-state index contributed by atoms with van der Waals surface area (Å²) in [7, 11) is 0. The second-order valence-corrected chi connectivity index (χ2v) is 6.92. The van der Waals surface area contributed by atoms with Crippen molar-refractivity contribution in [2.24, 2.45) is 0 Å². The fraction of sp³-hybridized carbons (Fsp3) is 0.286. The van der Waals surface area contributed by atoms with Crippen LogP contribution in [0.15, 0.2) is 48.5 Å². The van der Waals surface area contributed by atoms with Gasteiger partial charge in [-0.1, -0.05) is 37.6 Å². The van der Waals surface area contributed by atoms with Gasteiger partial charge in [0.2, 0.25) is 5.88 Å². The molecule has 0 aliphatic heterocycles.